The number of hydrogen-bond donors (Lipinski definition) is 1. The smallest absolute Gasteiger partial charge is 0.151 e. The van der Waals surface area contributed by atoms with Crippen LogP contribution in [0.5, 0.6) is 0 Å². The average Bonchev–Trinajstić information content (AvgIpc) is 2.59. The lowest BCUT2D eigenvalue weighted by Crippen LogP contribution is -2.28. The van der Waals surface area contributed by atoms with Crippen LogP contribution in [0, 0.1) is 0 Å². The fourth-order valence-corrected chi connectivity index (χ4v) is 1.99. The minimum Gasteiger partial charge on any atom is -0.354 e. The van der Waals surface area contributed by atoms with E-state index in [0.29, 0.717) is 0 Å². The predicted molar refractivity (Wildman–Crippen MR) is 65.7 cm³/mol. The number of rotatable bonds is 3. The number of nitrogens with one attached hydrogen (secondary N) is 1. The maximum absolute atomic E-state index is 4.31. The number of aryl methyl sites for hydroxylation is 1. The number of hydrogen-bond acceptors (Lipinski definition) is 4. The molecule has 0 amide bonds. The summed E-state index contributed by atoms with van der Waals surface area (Å²) in [4.78, 5) is 2.31. The molecule has 88 valence electrons. The normalized spacial score (nSPS) is 17.2. The summed E-state index contributed by atoms with van der Waals surface area (Å²) in [5.74, 6) is 1.02. The van der Waals surface area contributed by atoms with E-state index in [4.69, 9.17) is 0 Å². The van der Waals surface area contributed by atoms with Gasteiger partial charge in [0.1, 0.15) is 0 Å². The first-order chi connectivity index (χ1) is 7.90. The Kier molecular flexibility index (Phi) is 4.10. The second-order valence-corrected chi connectivity index (χ2v) is 4.22. The molecule has 1 saturated heterocycles. The minimum atomic E-state index is 1.02. The highest BCUT2D eigenvalue weighted by Crippen LogP contribution is 2.11. The molecule has 1 aliphatic heterocycles. The maximum atomic E-state index is 4.31. The Morgan fingerprint density at radius 3 is 2.94 bits per heavy atom. The summed E-state index contributed by atoms with van der Waals surface area (Å²) in [6, 6.07) is 4.20. The van der Waals surface area contributed by atoms with Gasteiger partial charge in [-0.3, -0.25) is 0 Å². The zero-order chi connectivity index (χ0) is 11.2. The van der Waals surface area contributed by atoms with E-state index < -0.39 is 0 Å². The lowest BCUT2D eigenvalue weighted by molar-refractivity contribution is 0.724. The lowest BCUT2D eigenvalue weighted by Gasteiger charge is -2.20. The molecule has 1 aromatic heterocycles. The Labute approximate surface area is 97.1 Å². The fourth-order valence-electron chi connectivity index (χ4n) is 1.99. The van der Waals surface area contributed by atoms with Crippen molar-refractivity contribution < 1.29 is 0 Å². The highest BCUT2D eigenvalue weighted by molar-refractivity contribution is 5.37. The van der Waals surface area contributed by atoms with Gasteiger partial charge in [-0.25, -0.2) is 0 Å². The molecule has 1 N–H and O–H groups in total. The first-order valence-corrected chi connectivity index (χ1v) is 6.18. The molecule has 1 aliphatic rings. The average molecular weight is 220 g/mol. The predicted octanol–water partition coefficient (Wildman–Crippen LogP) is 1.23. The third kappa shape index (κ3) is 2.92. The highest BCUT2D eigenvalue weighted by Gasteiger charge is 2.10. The standard InChI is InChI=1S/C12H20N4/c1-2-4-11-5-6-12(15-14-11)16-9-3-7-13-8-10-16/h5-6,13H,2-4,7-10H2,1H3. The van der Waals surface area contributed by atoms with Crippen molar-refractivity contribution in [3.05, 3.63) is 17.8 Å². The lowest BCUT2D eigenvalue weighted by atomic mass is 10.2. The summed E-state index contributed by atoms with van der Waals surface area (Å²) in [6.45, 7) is 6.42. The zero-order valence-electron chi connectivity index (χ0n) is 9.95. The van der Waals surface area contributed by atoms with Crippen LogP contribution in [0.2, 0.25) is 0 Å². The monoisotopic (exact) mass is 220 g/mol. The van der Waals surface area contributed by atoms with Gasteiger partial charge in [0.25, 0.3) is 0 Å². The Balaban J connectivity index is 2.01. The van der Waals surface area contributed by atoms with Gasteiger partial charge in [-0.2, -0.15) is 5.10 Å². The maximum Gasteiger partial charge on any atom is 0.151 e. The molecule has 0 radical (unpaired) electrons. The van der Waals surface area contributed by atoms with Crippen molar-refractivity contribution in [1.82, 2.24) is 15.5 Å². The summed E-state index contributed by atoms with van der Waals surface area (Å²) in [6.07, 6.45) is 3.33. The van der Waals surface area contributed by atoms with E-state index in [0.717, 1.165) is 50.5 Å². The third-order valence-corrected chi connectivity index (χ3v) is 2.88. The Bertz CT molecular complexity index is 301. The van der Waals surface area contributed by atoms with Crippen molar-refractivity contribution >= 4 is 5.82 Å². The molecule has 4 heteroatoms. The molecule has 0 atom stereocenters. The minimum absolute atomic E-state index is 1.02. The van der Waals surface area contributed by atoms with E-state index in [-0.39, 0.29) is 0 Å². The van der Waals surface area contributed by atoms with E-state index in [9.17, 15) is 0 Å². The second kappa shape index (κ2) is 5.80. The fraction of sp³-hybridized carbons (Fsp3) is 0.667. The van der Waals surface area contributed by atoms with Crippen molar-refractivity contribution in [2.45, 2.75) is 26.2 Å². The van der Waals surface area contributed by atoms with Gasteiger partial charge < -0.3 is 10.2 Å². The third-order valence-electron chi connectivity index (χ3n) is 2.88. The highest BCUT2D eigenvalue weighted by atomic mass is 15.3. The summed E-state index contributed by atoms with van der Waals surface area (Å²) in [5, 5.41) is 12.0. The Hall–Kier alpha value is -1.16. The van der Waals surface area contributed by atoms with Gasteiger partial charge in [0.15, 0.2) is 5.82 Å². The van der Waals surface area contributed by atoms with E-state index in [1.54, 1.807) is 0 Å². The van der Waals surface area contributed by atoms with E-state index >= 15 is 0 Å². The van der Waals surface area contributed by atoms with Crippen LogP contribution in [0.15, 0.2) is 12.1 Å². The van der Waals surface area contributed by atoms with Gasteiger partial charge in [0.2, 0.25) is 0 Å². The van der Waals surface area contributed by atoms with Gasteiger partial charge >= 0.3 is 0 Å². The number of anilines is 1. The Morgan fingerprint density at radius 1 is 1.25 bits per heavy atom. The van der Waals surface area contributed by atoms with Crippen LogP contribution < -0.4 is 10.2 Å². The molecule has 0 aliphatic carbocycles. The van der Waals surface area contributed by atoms with E-state index in [2.05, 4.69) is 39.5 Å². The quantitative estimate of drug-likeness (QED) is 0.832. The van der Waals surface area contributed by atoms with E-state index in [1.807, 2.05) is 0 Å². The van der Waals surface area contributed by atoms with Crippen molar-refractivity contribution in [2.75, 3.05) is 31.1 Å². The van der Waals surface area contributed by atoms with Crippen molar-refractivity contribution in [3.8, 4) is 0 Å². The van der Waals surface area contributed by atoms with Crippen LogP contribution in [-0.4, -0.2) is 36.4 Å². The molecule has 0 unspecified atom stereocenters. The van der Waals surface area contributed by atoms with Gasteiger partial charge in [-0.15, -0.1) is 5.10 Å². The summed E-state index contributed by atoms with van der Waals surface area (Å²) in [5.41, 5.74) is 1.10. The molecular formula is C12H20N4. The molecule has 16 heavy (non-hydrogen) atoms. The van der Waals surface area contributed by atoms with Crippen molar-refractivity contribution in [1.29, 1.82) is 0 Å². The Morgan fingerprint density at radius 2 is 2.19 bits per heavy atom. The molecule has 0 saturated carbocycles. The first-order valence-electron chi connectivity index (χ1n) is 6.18. The molecule has 1 fully saturated rings. The molecule has 0 bridgehead atoms. The molecule has 0 spiro atoms. The van der Waals surface area contributed by atoms with Crippen LogP contribution in [0.3, 0.4) is 0 Å². The topological polar surface area (TPSA) is 41.0 Å². The number of aromatic nitrogens is 2. The molecule has 4 nitrogen and oxygen atoms in total. The molecule has 2 heterocycles. The first kappa shape index (κ1) is 11.3. The van der Waals surface area contributed by atoms with Gasteiger partial charge in [0.05, 0.1) is 5.69 Å². The van der Waals surface area contributed by atoms with Crippen molar-refractivity contribution in [3.63, 3.8) is 0 Å². The largest absolute Gasteiger partial charge is 0.354 e. The SMILES string of the molecule is CCCc1ccc(N2CCCNCC2)nn1. The summed E-state index contributed by atoms with van der Waals surface area (Å²) >= 11 is 0. The van der Waals surface area contributed by atoms with Crippen LogP contribution in [-0.2, 0) is 6.42 Å². The van der Waals surface area contributed by atoms with Crippen LogP contribution in [0.25, 0.3) is 0 Å². The van der Waals surface area contributed by atoms with Crippen LogP contribution >= 0.6 is 0 Å². The van der Waals surface area contributed by atoms with Crippen LogP contribution in [0.1, 0.15) is 25.5 Å². The molecule has 0 aromatic carbocycles. The van der Waals surface area contributed by atoms with Crippen LogP contribution in [0.4, 0.5) is 5.82 Å². The summed E-state index contributed by atoms with van der Waals surface area (Å²) in [7, 11) is 0. The van der Waals surface area contributed by atoms with Gasteiger partial charge in [0, 0.05) is 19.6 Å². The van der Waals surface area contributed by atoms with Gasteiger partial charge in [-0.05, 0) is 31.5 Å². The van der Waals surface area contributed by atoms with E-state index in [1.165, 1.54) is 6.42 Å². The number of nitrogens with zero attached hydrogens (tertiary/aromatic N) is 3. The molecule has 1 aromatic rings. The molecular weight excluding hydrogens is 200 g/mol. The molecule has 2 rings (SSSR count). The van der Waals surface area contributed by atoms with Gasteiger partial charge in [-0.1, -0.05) is 13.3 Å². The zero-order valence-corrected chi connectivity index (χ0v) is 9.95. The summed E-state index contributed by atoms with van der Waals surface area (Å²) < 4.78 is 0. The van der Waals surface area contributed by atoms with Crippen molar-refractivity contribution in [2.24, 2.45) is 0 Å². The second-order valence-electron chi connectivity index (χ2n) is 4.22.